The first-order chi connectivity index (χ1) is 4.75. The van der Waals surface area contributed by atoms with Crippen LogP contribution in [0.15, 0.2) is 9.85 Å². The van der Waals surface area contributed by atoms with Crippen LogP contribution in [0, 0.1) is 0 Å². The summed E-state index contributed by atoms with van der Waals surface area (Å²) in [6, 6.07) is 0. The number of carbonyl (C=O) groups is 1. The number of halogens is 1. The Hall–Kier alpha value is -0.420. The van der Waals surface area contributed by atoms with Gasteiger partial charge in [0.2, 0.25) is 0 Å². The van der Waals surface area contributed by atoms with Crippen LogP contribution in [0.1, 0.15) is 10.5 Å². The molecule has 0 fully saturated rings. The zero-order valence-electron chi connectivity index (χ0n) is 5.13. The standard InChI is InChI=1S/C5H4BrNO2S/c1-9-5(8)4-3(6)2-10-7-4/h2H,1H3. The van der Waals surface area contributed by atoms with Gasteiger partial charge >= 0.3 is 5.97 Å². The maximum Gasteiger partial charge on any atom is 0.358 e. The van der Waals surface area contributed by atoms with E-state index >= 15 is 0 Å². The van der Waals surface area contributed by atoms with Crippen molar-refractivity contribution < 1.29 is 9.53 Å². The molecule has 0 aliphatic rings. The van der Waals surface area contributed by atoms with E-state index in [2.05, 4.69) is 25.0 Å². The Balaban J connectivity index is 2.93. The summed E-state index contributed by atoms with van der Waals surface area (Å²) < 4.78 is 8.94. The lowest BCUT2D eigenvalue weighted by Crippen LogP contribution is -2.01. The number of carbonyl (C=O) groups excluding carboxylic acids is 1. The van der Waals surface area contributed by atoms with Crippen molar-refractivity contribution in [1.29, 1.82) is 0 Å². The fraction of sp³-hybridized carbons (Fsp3) is 0.200. The lowest BCUT2D eigenvalue weighted by atomic mass is 10.4. The van der Waals surface area contributed by atoms with Gasteiger partial charge in [-0.25, -0.2) is 4.79 Å². The highest BCUT2D eigenvalue weighted by atomic mass is 79.9. The normalized spacial score (nSPS) is 9.40. The molecular formula is C5H4BrNO2S. The summed E-state index contributed by atoms with van der Waals surface area (Å²) in [6.45, 7) is 0. The monoisotopic (exact) mass is 221 g/mol. The molecule has 0 saturated heterocycles. The van der Waals surface area contributed by atoms with Gasteiger partial charge in [-0.05, 0) is 27.5 Å². The molecule has 10 heavy (non-hydrogen) atoms. The predicted molar refractivity (Wildman–Crippen MR) is 41.2 cm³/mol. The first-order valence-electron chi connectivity index (χ1n) is 2.44. The molecule has 1 aromatic rings. The average Bonchev–Trinajstić information content (AvgIpc) is 2.34. The summed E-state index contributed by atoms with van der Waals surface area (Å²) in [5.74, 6) is -0.409. The van der Waals surface area contributed by atoms with Gasteiger partial charge in [-0.3, -0.25) is 0 Å². The zero-order valence-corrected chi connectivity index (χ0v) is 7.53. The molecule has 0 bridgehead atoms. The van der Waals surface area contributed by atoms with Crippen molar-refractivity contribution in [2.45, 2.75) is 0 Å². The molecule has 0 saturated carbocycles. The highest BCUT2D eigenvalue weighted by Gasteiger charge is 2.11. The van der Waals surface area contributed by atoms with Gasteiger partial charge in [0.05, 0.1) is 11.6 Å². The smallest absolute Gasteiger partial charge is 0.358 e. The van der Waals surface area contributed by atoms with E-state index in [0.717, 1.165) is 0 Å². The minimum atomic E-state index is -0.409. The Kier molecular flexibility index (Phi) is 2.39. The van der Waals surface area contributed by atoms with Crippen LogP contribution in [0.5, 0.6) is 0 Å². The van der Waals surface area contributed by atoms with Gasteiger partial charge in [-0.15, -0.1) is 0 Å². The molecule has 5 heteroatoms. The summed E-state index contributed by atoms with van der Waals surface area (Å²) in [6.07, 6.45) is 0. The third kappa shape index (κ3) is 1.35. The Morgan fingerprint density at radius 2 is 2.60 bits per heavy atom. The average molecular weight is 222 g/mol. The largest absolute Gasteiger partial charge is 0.464 e. The van der Waals surface area contributed by atoms with Gasteiger partial charge in [-0.2, -0.15) is 4.37 Å². The van der Waals surface area contributed by atoms with Gasteiger partial charge in [0.15, 0.2) is 5.69 Å². The number of methoxy groups -OCH3 is 1. The van der Waals surface area contributed by atoms with Crippen molar-refractivity contribution in [3.63, 3.8) is 0 Å². The van der Waals surface area contributed by atoms with Crippen molar-refractivity contribution in [3.05, 3.63) is 15.5 Å². The van der Waals surface area contributed by atoms with E-state index in [1.807, 2.05) is 0 Å². The summed E-state index contributed by atoms with van der Waals surface area (Å²) in [5, 5.41) is 1.73. The van der Waals surface area contributed by atoms with Crippen LogP contribution in [0.2, 0.25) is 0 Å². The van der Waals surface area contributed by atoms with Crippen LogP contribution < -0.4 is 0 Å². The van der Waals surface area contributed by atoms with Crippen molar-refractivity contribution in [2.75, 3.05) is 7.11 Å². The molecule has 0 aliphatic heterocycles. The van der Waals surface area contributed by atoms with Crippen LogP contribution in [0.25, 0.3) is 0 Å². The minimum absolute atomic E-state index is 0.340. The molecule has 0 radical (unpaired) electrons. The second kappa shape index (κ2) is 3.12. The van der Waals surface area contributed by atoms with Crippen LogP contribution in [0.4, 0.5) is 0 Å². The third-order valence-electron chi connectivity index (χ3n) is 0.905. The predicted octanol–water partition coefficient (Wildman–Crippen LogP) is 1.69. The van der Waals surface area contributed by atoms with Crippen LogP contribution in [-0.2, 0) is 4.74 Å². The molecule has 0 aromatic carbocycles. The summed E-state index contributed by atoms with van der Waals surface area (Å²) in [5.41, 5.74) is 0.340. The minimum Gasteiger partial charge on any atom is -0.464 e. The van der Waals surface area contributed by atoms with Crippen LogP contribution >= 0.6 is 27.5 Å². The number of rotatable bonds is 1. The second-order valence-corrected chi connectivity index (χ2v) is 2.99. The molecule has 1 heterocycles. The van der Waals surface area contributed by atoms with Crippen molar-refractivity contribution >= 4 is 33.4 Å². The topological polar surface area (TPSA) is 39.2 Å². The van der Waals surface area contributed by atoms with Crippen molar-refractivity contribution in [1.82, 2.24) is 4.37 Å². The molecule has 0 amide bonds. The lowest BCUT2D eigenvalue weighted by molar-refractivity contribution is 0.0594. The van der Waals surface area contributed by atoms with E-state index in [1.165, 1.54) is 18.6 Å². The highest BCUT2D eigenvalue weighted by Crippen LogP contribution is 2.17. The first kappa shape index (κ1) is 7.68. The van der Waals surface area contributed by atoms with E-state index < -0.39 is 5.97 Å². The second-order valence-electron chi connectivity index (χ2n) is 1.50. The van der Waals surface area contributed by atoms with Crippen molar-refractivity contribution in [3.8, 4) is 0 Å². The molecule has 0 unspecified atom stereocenters. The summed E-state index contributed by atoms with van der Waals surface area (Å²) >= 11 is 4.37. The number of hydrogen-bond acceptors (Lipinski definition) is 4. The highest BCUT2D eigenvalue weighted by molar-refractivity contribution is 9.10. The molecule has 3 nitrogen and oxygen atoms in total. The van der Waals surface area contributed by atoms with Gasteiger partial charge in [0.1, 0.15) is 0 Å². The van der Waals surface area contributed by atoms with E-state index in [1.54, 1.807) is 5.38 Å². The number of hydrogen-bond donors (Lipinski definition) is 0. The van der Waals surface area contributed by atoms with E-state index in [9.17, 15) is 4.79 Å². The van der Waals surface area contributed by atoms with E-state index in [4.69, 9.17) is 0 Å². The molecule has 0 aliphatic carbocycles. The quantitative estimate of drug-likeness (QED) is 0.678. The zero-order chi connectivity index (χ0) is 7.56. The van der Waals surface area contributed by atoms with Gasteiger partial charge in [0, 0.05) is 5.38 Å². The first-order valence-corrected chi connectivity index (χ1v) is 4.07. The molecule has 1 aromatic heterocycles. The number of esters is 1. The van der Waals surface area contributed by atoms with Gasteiger partial charge < -0.3 is 4.74 Å². The molecule has 0 N–H and O–H groups in total. The Morgan fingerprint density at radius 3 is 3.00 bits per heavy atom. The maximum absolute atomic E-state index is 10.8. The fourth-order valence-corrected chi connectivity index (χ4v) is 1.61. The Morgan fingerprint density at radius 1 is 1.90 bits per heavy atom. The van der Waals surface area contributed by atoms with Crippen molar-refractivity contribution in [2.24, 2.45) is 0 Å². The number of ether oxygens (including phenoxy) is 1. The molecule has 1 rings (SSSR count). The number of aromatic nitrogens is 1. The Bertz CT molecular complexity index is 248. The van der Waals surface area contributed by atoms with E-state index in [0.29, 0.717) is 10.2 Å². The summed E-state index contributed by atoms with van der Waals surface area (Å²) in [7, 11) is 1.33. The molecule has 0 atom stereocenters. The van der Waals surface area contributed by atoms with E-state index in [-0.39, 0.29) is 0 Å². The molecule has 54 valence electrons. The lowest BCUT2D eigenvalue weighted by Gasteiger charge is -1.91. The Labute approximate surface area is 70.3 Å². The molecular weight excluding hydrogens is 218 g/mol. The van der Waals surface area contributed by atoms with Gasteiger partial charge in [0.25, 0.3) is 0 Å². The SMILES string of the molecule is COC(=O)c1nscc1Br. The van der Waals surface area contributed by atoms with Gasteiger partial charge in [-0.1, -0.05) is 0 Å². The molecule has 0 spiro atoms. The third-order valence-corrected chi connectivity index (χ3v) is 2.44. The maximum atomic E-state index is 10.8. The summed E-state index contributed by atoms with van der Waals surface area (Å²) in [4.78, 5) is 10.8. The van der Waals surface area contributed by atoms with Crippen LogP contribution in [-0.4, -0.2) is 17.5 Å². The van der Waals surface area contributed by atoms with Crippen LogP contribution in [0.3, 0.4) is 0 Å². The fourth-order valence-electron chi connectivity index (χ4n) is 0.456. The number of nitrogens with zero attached hydrogens (tertiary/aromatic N) is 1.